The number of rotatable bonds is 6. The average molecular weight is 414 g/mol. The Morgan fingerprint density at radius 2 is 1.29 bits per heavy atom. The summed E-state index contributed by atoms with van der Waals surface area (Å²) in [7, 11) is 0. The van der Waals surface area contributed by atoms with Crippen LogP contribution in [0.4, 0.5) is 0 Å². The highest BCUT2D eigenvalue weighted by Gasteiger charge is 2.26. The Bertz CT molecular complexity index is 1010. The van der Waals surface area contributed by atoms with E-state index in [1.54, 1.807) is 24.3 Å². The molecule has 1 saturated heterocycles. The van der Waals surface area contributed by atoms with Crippen LogP contribution in [0.25, 0.3) is 0 Å². The van der Waals surface area contributed by atoms with Gasteiger partial charge < -0.3 is 9.64 Å². The van der Waals surface area contributed by atoms with Crippen molar-refractivity contribution in [2.45, 2.75) is 25.9 Å². The molecule has 1 amide bonds. The third-order valence-electron chi connectivity index (χ3n) is 5.86. The average Bonchev–Trinajstić information content (AvgIpc) is 2.84. The zero-order valence-corrected chi connectivity index (χ0v) is 17.6. The normalized spacial score (nSPS) is 14.3. The van der Waals surface area contributed by atoms with Crippen LogP contribution in [0.15, 0.2) is 84.9 Å². The van der Waals surface area contributed by atoms with Gasteiger partial charge in [0.15, 0.2) is 0 Å². The molecular formula is C27H27NO3. The Balaban J connectivity index is 1.37. The van der Waals surface area contributed by atoms with Crippen molar-refractivity contribution in [3.05, 3.63) is 107 Å². The fourth-order valence-corrected chi connectivity index (χ4v) is 4.11. The maximum atomic E-state index is 13.2. The fourth-order valence-electron chi connectivity index (χ4n) is 4.11. The van der Waals surface area contributed by atoms with Crippen LogP contribution in [0.5, 0.6) is 0 Å². The summed E-state index contributed by atoms with van der Waals surface area (Å²) >= 11 is 0. The summed E-state index contributed by atoms with van der Waals surface area (Å²) < 4.78 is 5.47. The SMILES string of the molecule is O=C(OCc1ccccc1)c1ccccc1C(=O)N1CCC(Cc2ccccc2)CC1. The lowest BCUT2D eigenvalue weighted by Crippen LogP contribution is -2.39. The van der Waals surface area contributed by atoms with E-state index in [1.807, 2.05) is 41.3 Å². The molecule has 1 aliphatic heterocycles. The smallest absolute Gasteiger partial charge is 0.339 e. The van der Waals surface area contributed by atoms with Crippen molar-refractivity contribution < 1.29 is 14.3 Å². The van der Waals surface area contributed by atoms with Gasteiger partial charge in [-0.25, -0.2) is 4.79 Å². The molecule has 4 heteroatoms. The minimum absolute atomic E-state index is 0.0922. The molecule has 0 saturated carbocycles. The molecular weight excluding hydrogens is 386 g/mol. The van der Waals surface area contributed by atoms with Gasteiger partial charge in [-0.2, -0.15) is 0 Å². The number of piperidine rings is 1. The van der Waals surface area contributed by atoms with Gasteiger partial charge in [0.1, 0.15) is 6.61 Å². The molecule has 3 aromatic rings. The highest BCUT2D eigenvalue weighted by molar-refractivity contribution is 6.05. The van der Waals surface area contributed by atoms with Gasteiger partial charge in [0.25, 0.3) is 5.91 Å². The van der Waals surface area contributed by atoms with E-state index < -0.39 is 5.97 Å². The van der Waals surface area contributed by atoms with Gasteiger partial charge in [-0.15, -0.1) is 0 Å². The van der Waals surface area contributed by atoms with Crippen molar-refractivity contribution in [2.24, 2.45) is 5.92 Å². The number of amides is 1. The molecule has 158 valence electrons. The van der Waals surface area contributed by atoms with Gasteiger partial charge in [-0.1, -0.05) is 72.8 Å². The van der Waals surface area contributed by atoms with E-state index in [2.05, 4.69) is 24.3 Å². The van der Waals surface area contributed by atoms with E-state index in [4.69, 9.17) is 4.74 Å². The molecule has 1 fully saturated rings. The predicted molar refractivity (Wildman–Crippen MR) is 121 cm³/mol. The standard InChI is InChI=1S/C27H27NO3/c29-26(28-17-15-22(16-18-28)19-21-9-3-1-4-10-21)24-13-7-8-14-25(24)27(30)31-20-23-11-5-2-6-12-23/h1-14,22H,15-20H2. The molecule has 1 aliphatic rings. The summed E-state index contributed by atoms with van der Waals surface area (Å²) in [4.78, 5) is 27.7. The van der Waals surface area contributed by atoms with Crippen LogP contribution >= 0.6 is 0 Å². The van der Waals surface area contributed by atoms with Crippen LogP contribution < -0.4 is 0 Å². The van der Waals surface area contributed by atoms with E-state index >= 15 is 0 Å². The molecule has 0 radical (unpaired) electrons. The Morgan fingerprint density at radius 1 is 0.742 bits per heavy atom. The Labute approximate surface area is 183 Å². The molecule has 4 rings (SSSR count). The zero-order valence-electron chi connectivity index (χ0n) is 17.6. The number of ether oxygens (including phenoxy) is 1. The lowest BCUT2D eigenvalue weighted by molar-refractivity contribution is 0.0464. The number of benzene rings is 3. The molecule has 0 bridgehead atoms. The summed E-state index contributed by atoms with van der Waals surface area (Å²) in [5.74, 6) is 0.0229. The molecule has 1 heterocycles. The largest absolute Gasteiger partial charge is 0.457 e. The molecule has 0 unspecified atom stereocenters. The summed E-state index contributed by atoms with van der Waals surface area (Å²) in [6, 6.07) is 27.0. The molecule has 0 aliphatic carbocycles. The van der Waals surface area contributed by atoms with Gasteiger partial charge in [0.05, 0.1) is 11.1 Å². The lowest BCUT2D eigenvalue weighted by Gasteiger charge is -2.32. The maximum absolute atomic E-state index is 13.2. The van der Waals surface area contributed by atoms with Crippen LogP contribution in [0.3, 0.4) is 0 Å². The molecule has 0 atom stereocenters. The first-order valence-corrected chi connectivity index (χ1v) is 10.8. The van der Waals surface area contributed by atoms with Crippen LogP contribution in [0.1, 0.15) is 44.7 Å². The summed E-state index contributed by atoms with van der Waals surface area (Å²) in [5, 5.41) is 0. The quantitative estimate of drug-likeness (QED) is 0.526. The first kappa shape index (κ1) is 20.9. The van der Waals surface area contributed by atoms with Crippen molar-refractivity contribution in [1.29, 1.82) is 0 Å². The minimum atomic E-state index is -0.466. The van der Waals surface area contributed by atoms with Gasteiger partial charge in [0, 0.05) is 13.1 Å². The number of hydrogen-bond acceptors (Lipinski definition) is 3. The number of likely N-dealkylation sites (tertiary alicyclic amines) is 1. The van der Waals surface area contributed by atoms with Crippen LogP contribution in [0, 0.1) is 5.92 Å². The highest BCUT2D eigenvalue weighted by atomic mass is 16.5. The second-order valence-corrected chi connectivity index (χ2v) is 8.03. The Kier molecular flexibility index (Phi) is 6.78. The number of esters is 1. The van der Waals surface area contributed by atoms with E-state index in [9.17, 15) is 9.59 Å². The van der Waals surface area contributed by atoms with Crippen molar-refractivity contribution in [3.63, 3.8) is 0 Å². The third-order valence-corrected chi connectivity index (χ3v) is 5.86. The van der Waals surface area contributed by atoms with Crippen LogP contribution in [0.2, 0.25) is 0 Å². The second kappa shape index (κ2) is 10.1. The lowest BCUT2D eigenvalue weighted by atomic mass is 9.90. The highest BCUT2D eigenvalue weighted by Crippen LogP contribution is 2.24. The zero-order chi connectivity index (χ0) is 21.5. The summed E-state index contributed by atoms with van der Waals surface area (Å²) in [5.41, 5.74) is 3.01. The van der Waals surface area contributed by atoms with Gasteiger partial charge in [0.2, 0.25) is 0 Å². The molecule has 0 N–H and O–H groups in total. The molecule has 31 heavy (non-hydrogen) atoms. The first-order chi connectivity index (χ1) is 15.2. The van der Waals surface area contributed by atoms with Gasteiger partial charge in [-0.3, -0.25) is 4.79 Å². The Morgan fingerprint density at radius 3 is 1.94 bits per heavy atom. The van der Waals surface area contributed by atoms with Crippen LogP contribution in [-0.4, -0.2) is 29.9 Å². The van der Waals surface area contributed by atoms with E-state index in [-0.39, 0.29) is 12.5 Å². The monoisotopic (exact) mass is 413 g/mol. The third kappa shape index (κ3) is 5.40. The molecule has 3 aromatic carbocycles. The summed E-state index contributed by atoms with van der Waals surface area (Å²) in [6.07, 6.45) is 2.99. The number of carbonyl (C=O) groups excluding carboxylic acids is 2. The van der Waals surface area contributed by atoms with Crippen molar-refractivity contribution in [1.82, 2.24) is 4.90 Å². The van der Waals surface area contributed by atoms with Crippen LogP contribution in [-0.2, 0) is 17.8 Å². The number of hydrogen-bond donors (Lipinski definition) is 0. The molecule has 0 aromatic heterocycles. The predicted octanol–water partition coefficient (Wildman–Crippen LogP) is 5.14. The minimum Gasteiger partial charge on any atom is -0.457 e. The first-order valence-electron chi connectivity index (χ1n) is 10.8. The van der Waals surface area contributed by atoms with E-state index in [0.29, 0.717) is 30.1 Å². The van der Waals surface area contributed by atoms with Crippen molar-refractivity contribution in [3.8, 4) is 0 Å². The van der Waals surface area contributed by atoms with Gasteiger partial charge >= 0.3 is 5.97 Å². The number of carbonyl (C=O) groups is 2. The maximum Gasteiger partial charge on any atom is 0.339 e. The van der Waals surface area contributed by atoms with Crippen molar-refractivity contribution in [2.75, 3.05) is 13.1 Å². The Hall–Kier alpha value is -3.40. The number of nitrogens with zero attached hydrogens (tertiary/aromatic N) is 1. The topological polar surface area (TPSA) is 46.6 Å². The molecule has 0 spiro atoms. The fraction of sp³-hybridized carbons (Fsp3) is 0.259. The van der Waals surface area contributed by atoms with E-state index in [1.165, 1.54) is 5.56 Å². The van der Waals surface area contributed by atoms with Gasteiger partial charge in [-0.05, 0) is 48.4 Å². The van der Waals surface area contributed by atoms with E-state index in [0.717, 1.165) is 24.8 Å². The molecule has 4 nitrogen and oxygen atoms in total. The second-order valence-electron chi connectivity index (χ2n) is 8.03. The van der Waals surface area contributed by atoms with Crippen molar-refractivity contribution >= 4 is 11.9 Å². The summed E-state index contributed by atoms with van der Waals surface area (Å²) in [6.45, 7) is 1.61.